The van der Waals surface area contributed by atoms with E-state index in [2.05, 4.69) is 30.1 Å². The molecule has 0 radical (unpaired) electrons. The Bertz CT molecular complexity index is 432. The molecule has 1 N–H and O–H groups in total. The van der Waals surface area contributed by atoms with Crippen LogP contribution in [0, 0.1) is 0 Å². The molecule has 0 spiro atoms. The second-order valence-corrected chi connectivity index (χ2v) is 4.97. The number of nitrogens with one attached hydrogen (secondary N) is 1. The average Bonchev–Trinajstić information content (AvgIpc) is 2.94. The van der Waals surface area contributed by atoms with Crippen molar-refractivity contribution in [3.8, 4) is 6.01 Å². The van der Waals surface area contributed by atoms with Gasteiger partial charge in [-0.25, -0.2) is 0 Å². The van der Waals surface area contributed by atoms with Crippen LogP contribution in [-0.2, 0) is 0 Å². The first-order chi connectivity index (χ1) is 9.30. The fraction of sp³-hybridized carbons (Fsp3) is 0.750. The lowest BCUT2D eigenvalue weighted by molar-refractivity contribution is 0.229. The maximum Gasteiger partial charge on any atom is 0.322 e. The van der Waals surface area contributed by atoms with Gasteiger partial charge in [0.15, 0.2) is 0 Å². The SMILES string of the molecule is CNc1nc(OC)nc(N2CCN3CCCC3C2)n1. The molecule has 1 unspecified atom stereocenters. The molecule has 1 aromatic heterocycles. The third kappa shape index (κ3) is 2.42. The van der Waals surface area contributed by atoms with Crippen LogP contribution in [0.25, 0.3) is 0 Å². The average molecular weight is 264 g/mol. The largest absolute Gasteiger partial charge is 0.467 e. The van der Waals surface area contributed by atoms with Crippen molar-refractivity contribution in [2.45, 2.75) is 18.9 Å². The van der Waals surface area contributed by atoms with Gasteiger partial charge in [-0.2, -0.15) is 15.0 Å². The van der Waals surface area contributed by atoms with Crippen molar-refractivity contribution < 1.29 is 4.74 Å². The number of ether oxygens (including phenoxy) is 1. The zero-order valence-electron chi connectivity index (χ0n) is 11.5. The molecule has 0 bridgehead atoms. The van der Waals surface area contributed by atoms with E-state index in [1.54, 1.807) is 14.2 Å². The minimum Gasteiger partial charge on any atom is -0.467 e. The van der Waals surface area contributed by atoms with E-state index in [4.69, 9.17) is 4.74 Å². The van der Waals surface area contributed by atoms with Crippen LogP contribution in [-0.4, -0.2) is 66.2 Å². The quantitative estimate of drug-likeness (QED) is 0.837. The van der Waals surface area contributed by atoms with Crippen molar-refractivity contribution in [2.24, 2.45) is 0 Å². The maximum absolute atomic E-state index is 5.14. The summed E-state index contributed by atoms with van der Waals surface area (Å²) >= 11 is 0. The van der Waals surface area contributed by atoms with Crippen LogP contribution in [0.3, 0.4) is 0 Å². The molecule has 7 nitrogen and oxygen atoms in total. The van der Waals surface area contributed by atoms with Crippen LogP contribution in [0.4, 0.5) is 11.9 Å². The van der Waals surface area contributed by atoms with Crippen molar-refractivity contribution >= 4 is 11.9 Å². The first kappa shape index (κ1) is 12.4. The van der Waals surface area contributed by atoms with Gasteiger partial charge in [0.05, 0.1) is 7.11 Å². The zero-order valence-corrected chi connectivity index (χ0v) is 11.5. The van der Waals surface area contributed by atoms with Gasteiger partial charge >= 0.3 is 6.01 Å². The molecule has 3 rings (SSSR count). The number of nitrogens with zero attached hydrogens (tertiary/aromatic N) is 5. The monoisotopic (exact) mass is 264 g/mol. The predicted molar refractivity (Wildman–Crippen MR) is 72.7 cm³/mol. The van der Waals surface area contributed by atoms with Crippen molar-refractivity contribution in [1.82, 2.24) is 19.9 Å². The van der Waals surface area contributed by atoms with Gasteiger partial charge in [0.1, 0.15) is 0 Å². The van der Waals surface area contributed by atoms with Gasteiger partial charge < -0.3 is 15.0 Å². The molecule has 2 saturated heterocycles. The minimum absolute atomic E-state index is 0.364. The summed E-state index contributed by atoms with van der Waals surface area (Å²) in [5, 5.41) is 2.95. The highest BCUT2D eigenvalue weighted by atomic mass is 16.5. The standard InChI is InChI=1S/C12H20N6O/c1-13-10-14-11(16-12(15-10)19-2)18-7-6-17-5-3-4-9(17)8-18/h9H,3-8H2,1-2H3,(H,13,14,15,16). The molecule has 104 valence electrons. The molecular weight excluding hydrogens is 244 g/mol. The Kier molecular flexibility index (Phi) is 3.37. The van der Waals surface area contributed by atoms with Crippen LogP contribution in [0.2, 0.25) is 0 Å². The fourth-order valence-electron chi connectivity index (χ4n) is 2.86. The van der Waals surface area contributed by atoms with E-state index < -0.39 is 0 Å². The van der Waals surface area contributed by atoms with E-state index in [-0.39, 0.29) is 0 Å². The molecule has 0 aliphatic carbocycles. The molecule has 0 aromatic carbocycles. The van der Waals surface area contributed by atoms with Gasteiger partial charge in [-0.15, -0.1) is 0 Å². The zero-order chi connectivity index (χ0) is 13.2. The highest BCUT2D eigenvalue weighted by Gasteiger charge is 2.31. The number of piperazine rings is 1. The van der Waals surface area contributed by atoms with E-state index in [1.807, 2.05) is 0 Å². The van der Waals surface area contributed by atoms with Crippen LogP contribution in [0.5, 0.6) is 6.01 Å². The number of aromatic nitrogens is 3. The van der Waals surface area contributed by atoms with Gasteiger partial charge in [-0.05, 0) is 19.4 Å². The molecule has 1 atom stereocenters. The third-order valence-electron chi connectivity index (χ3n) is 3.88. The number of methoxy groups -OCH3 is 1. The van der Waals surface area contributed by atoms with Gasteiger partial charge in [0.2, 0.25) is 11.9 Å². The normalized spacial score (nSPS) is 23.3. The Morgan fingerprint density at radius 2 is 2.11 bits per heavy atom. The summed E-state index contributed by atoms with van der Waals surface area (Å²) in [7, 11) is 3.38. The van der Waals surface area contributed by atoms with E-state index in [0.29, 0.717) is 23.9 Å². The number of hydrogen-bond donors (Lipinski definition) is 1. The Morgan fingerprint density at radius 3 is 2.89 bits per heavy atom. The topological polar surface area (TPSA) is 66.4 Å². The summed E-state index contributed by atoms with van der Waals surface area (Å²) in [6, 6.07) is 1.01. The lowest BCUT2D eigenvalue weighted by Crippen LogP contribution is -2.50. The van der Waals surface area contributed by atoms with E-state index in [0.717, 1.165) is 19.6 Å². The van der Waals surface area contributed by atoms with E-state index in [1.165, 1.54) is 19.4 Å². The lowest BCUT2D eigenvalue weighted by Gasteiger charge is -2.37. The molecule has 0 amide bonds. The Hall–Kier alpha value is -1.63. The summed E-state index contributed by atoms with van der Waals surface area (Å²) in [6.07, 6.45) is 2.58. The van der Waals surface area contributed by atoms with E-state index >= 15 is 0 Å². The van der Waals surface area contributed by atoms with Crippen LogP contribution in [0.15, 0.2) is 0 Å². The molecule has 0 saturated carbocycles. The Morgan fingerprint density at radius 1 is 1.21 bits per heavy atom. The van der Waals surface area contributed by atoms with Crippen molar-refractivity contribution in [3.05, 3.63) is 0 Å². The highest BCUT2D eigenvalue weighted by Crippen LogP contribution is 2.24. The first-order valence-electron chi connectivity index (χ1n) is 6.77. The Labute approximate surface area is 113 Å². The van der Waals surface area contributed by atoms with Gasteiger partial charge in [0.25, 0.3) is 0 Å². The molecule has 3 heterocycles. The van der Waals surface area contributed by atoms with Crippen LogP contribution in [0.1, 0.15) is 12.8 Å². The molecule has 2 aliphatic heterocycles. The number of fused-ring (bicyclic) bond motifs is 1. The molecule has 2 fully saturated rings. The highest BCUT2D eigenvalue weighted by molar-refractivity contribution is 5.39. The first-order valence-corrected chi connectivity index (χ1v) is 6.77. The molecule has 1 aromatic rings. The summed E-state index contributed by atoms with van der Waals surface area (Å²) in [5.74, 6) is 1.26. The van der Waals surface area contributed by atoms with Gasteiger partial charge in [0, 0.05) is 32.7 Å². The summed E-state index contributed by atoms with van der Waals surface area (Å²) < 4.78 is 5.14. The van der Waals surface area contributed by atoms with Crippen molar-refractivity contribution in [3.63, 3.8) is 0 Å². The summed E-state index contributed by atoms with van der Waals surface area (Å²) in [4.78, 5) is 17.7. The van der Waals surface area contributed by atoms with Crippen molar-refractivity contribution in [1.29, 1.82) is 0 Å². The van der Waals surface area contributed by atoms with Gasteiger partial charge in [-0.3, -0.25) is 4.90 Å². The van der Waals surface area contributed by atoms with E-state index in [9.17, 15) is 0 Å². The van der Waals surface area contributed by atoms with Crippen LogP contribution < -0.4 is 15.0 Å². The molecule has 2 aliphatic rings. The lowest BCUT2D eigenvalue weighted by atomic mass is 10.2. The minimum atomic E-state index is 0.364. The second-order valence-electron chi connectivity index (χ2n) is 4.97. The predicted octanol–water partition coefficient (Wildman–Crippen LogP) is 0.206. The summed E-state index contributed by atoms with van der Waals surface area (Å²) in [6.45, 7) is 4.29. The number of rotatable bonds is 3. The molecule has 19 heavy (non-hydrogen) atoms. The number of hydrogen-bond acceptors (Lipinski definition) is 7. The summed E-state index contributed by atoms with van der Waals surface area (Å²) in [5.41, 5.74) is 0. The third-order valence-corrected chi connectivity index (χ3v) is 3.88. The van der Waals surface area contributed by atoms with Crippen molar-refractivity contribution in [2.75, 3.05) is 50.6 Å². The second kappa shape index (κ2) is 5.16. The molecule has 7 heteroatoms. The van der Waals surface area contributed by atoms with Gasteiger partial charge in [-0.1, -0.05) is 0 Å². The molecular formula is C12H20N6O. The van der Waals surface area contributed by atoms with Crippen LogP contribution >= 0.6 is 0 Å². The maximum atomic E-state index is 5.14. The number of anilines is 2. The fourth-order valence-corrected chi connectivity index (χ4v) is 2.86. The Balaban J connectivity index is 1.81. The smallest absolute Gasteiger partial charge is 0.322 e.